The third-order valence-corrected chi connectivity index (χ3v) is 5.28. The number of aryl methyl sites for hydroxylation is 2. The highest BCUT2D eigenvalue weighted by Gasteiger charge is 2.24. The van der Waals surface area contributed by atoms with Crippen molar-refractivity contribution in [1.29, 1.82) is 0 Å². The van der Waals surface area contributed by atoms with Gasteiger partial charge in [-0.25, -0.2) is 0 Å². The molecule has 1 aromatic heterocycles. The van der Waals surface area contributed by atoms with Gasteiger partial charge in [0.05, 0.1) is 6.10 Å². The van der Waals surface area contributed by atoms with Crippen molar-refractivity contribution in [1.82, 2.24) is 10.1 Å². The van der Waals surface area contributed by atoms with Crippen LogP contribution in [-0.4, -0.2) is 41.8 Å². The van der Waals surface area contributed by atoms with Crippen LogP contribution in [0.2, 0.25) is 5.02 Å². The van der Waals surface area contributed by atoms with Crippen LogP contribution >= 0.6 is 11.6 Å². The van der Waals surface area contributed by atoms with Crippen LogP contribution in [-0.2, 0) is 11.3 Å². The van der Waals surface area contributed by atoms with Crippen molar-refractivity contribution >= 4 is 17.5 Å². The molecule has 1 fully saturated rings. The Morgan fingerprint density at radius 1 is 1.33 bits per heavy atom. The summed E-state index contributed by atoms with van der Waals surface area (Å²) in [6.45, 7) is 7.95. The molecule has 2 heterocycles. The van der Waals surface area contributed by atoms with Gasteiger partial charge in [0.1, 0.15) is 12.4 Å². The first kappa shape index (κ1) is 19.7. The van der Waals surface area contributed by atoms with Crippen LogP contribution in [0.3, 0.4) is 0 Å². The lowest BCUT2D eigenvalue weighted by molar-refractivity contribution is 0.0531. The maximum Gasteiger partial charge on any atom is 0.276 e. The first-order valence-electron chi connectivity index (χ1n) is 9.24. The molecule has 1 saturated heterocycles. The molecule has 146 valence electrons. The number of nitrogens with zero attached hydrogens (tertiary/aromatic N) is 2. The lowest BCUT2D eigenvalue weighted by Crippen LogP contribution is -2.37. The molecule has 2 aromatic rings. The van der Waals surface area contributed by atoms with Crippen molar-refractivity contribution < 1.29 is 18.8 Å². The molecule has 0 spiro atoms. The molecule has 1 aromatic carbocycles. The zero-order valence-electron chi connectivity index (χ0n) is 16.0. The molecule has 0 aliphatic carbocycles. The Hall–Kier alpha value is -2.05. The lowest BCUT2D eigenvalue weighted by Gasteiger charge is -2.22. The SMILES string of the molecule is CCN(C[C@@H]1CCCO1)C(=O)c1cc(COc2cc(C)c(Cl)c(C)c2)on1. The average molecular weight is 393 g/mol. The molecule has 3 rings (SSSR count). The number of rotatable bonds is 7. The van der Waals surface area contributed by atoms with Gasteiger partial charge in [-0.05, 0) is 56.9 Å². The highest BCUT2D eigenvalue weighted by molar-refractivity contribution is 6.32. The highest BCUT2D eigenvalue weighted by atomic mass is 35.5. The average Bonchev–Trinajstić information content (AvgIpc) is 3.33. The number of hydrogen-bond donors (Lipinski definition) is 0. The Morgan fingerprint density at radius 3 is 2.70 bits per heavy atom. The second-order valence-electron chi connectivity index (χ2n) is 6.82. The number of benzene rings is 1. The van der Waals surface area contributed by atoms with E-state index in [2.05, 4.69) is 5.16 Å². The monoisotopic (exact) mass is 392 g/mol. The smallest absolute Gasteiger partial charge is 0.276 e. The van der Waals surface area contributed by atoms with Crippen molar-refractivity contribution in [3.05, 3.63) is 45.8 Å². The van der Waals surface area contributed by atoms with E-state index in [1.165, 1.54) is 0 Å². The third kappa shape index (κ3) is 4.82. The zero-order valence-corrected chi connectivity index (χ0v) is 16.7. The summed E-state index contributed by atoms with van der Waals surface area (Å²) in [4.78, 5) is 14.4. The number of amides is 1. The Bertz CT molecular complexity index is 776. The molecule has 1 atom stereocenters. The van der Waals surface area contributed by atoms with Gasteiger partial charge in [-0.3, -0.25) is 4.79 Å². The number of halogens is 1. The summed E-state index contributed by atoms with van der Waals surface area (Å²) >= 11 is 6.17. The highest BCUT2D eigenvalue weighted by Crippen LogP contribution is 2.26. The summed E-state index contributed by atoms with van der Waals surface area (Å²) in [6.07, 6.45) is 2.15. The maximum absolute atomic E-state index is 12.7. The van der Waals surface area contributed by atoms with Gasteiger partial charge >= 0.3 is 0 Å². The summed E-state index contributed by atoms with van der Waals surface area (Å²) < 4.78 is 16.7. The number of carbonyl (C=O) groups is 1. The van der Waals surface area contributed by atoms with Crippen LogP contribution in [0.1, 0.15) is 47.1 Å². The van der Waals surface area contributed by atoms with E-state index < -0.39 is 0 Å². The normalized spacial score (nSPS) is 16.5. The van der Waals surface area contributed by atoms with Crippen LogP contribution in [0.25, 0.3) is 0 Å². The molecular weight excluding hydrogens is 368 g/mol. The van der Waals surface area contributed by atoms with E-state index in [0.29, 0.717) is 24.6 Å². The van der Waals surface area contributed by atoms with Gasteiger partial charge in [0, 0.05) is 30.8 Å². The van der Waals surface area contributed by atoms with Crippen molar-refractivity contribution in [3.63, 3.8) is 0 Å². The fourth-order valence-corrected chi connectivity index (χ4v) is 3.29. The Morgan fingerprint density at radius 2 is 2.07 bits per heavy atom. The van der Waals surface area contributed by atoms with Gasteiger partial charge in [0.15, 0.2) is 11.5 Å². The standard InChI is InChI=1S/C20H25ClN2O4/c1-4-23(11-15-6-5-7-25-15)20(24)18-10-17(27-22-18)12-26-16-8-13(2)19(21)14(3)9-16/h8-10,15H,4-7,11-12H2,1-3H3/t15-/m0/s1. The molecule has 0 N–H and O–H groups in total. The topological polar surface area (TPSA) is 64.8 Å². The van der Waals surface area contributed by atoms with E-state index in [-0.39, 0.29) is 24.3 Å². The fraction of sp³-hybridized carbons (Fsp3) is 0.500. The molecule has 1 amide bonds. The van der Waals surface area contributed by atoms with E-state index in [0.717, 1.165) is 35.6 Å². The second-order valence-corrected chi connectivity index (χ2v) is 7.19. The van der Waals surface area contributed by atoms with Crippen LogP contribution < -0.4 is 4.74 Å². The van der Waals surface area contributed by atoms with Gasteiger partial charge in [-0.15, -0.1) is 0 Å². The van der Waals surface area contributed by atoms with Crippen molar-refractivity contribution in [2.24, 2.45) is 0 Å². The third-order valence-electron chi connectivity index (χ3n) is 4.69. The van der Waals surface area contributed by atoms with E-state index in [1.807, 2.05) is 32.9 Å². The fourth-order valence-electron chi connectivity index (χ4n) is 3.18. The Labute approximate surface area is 164 Å². The summed E-state index contributed by atoms with van der Waals surface area (Å²) in [7, 11) is 0. The van der Waals surface area contributed by atoms with Gasteiger partial charge in [-0.1, -0.05) is 16.8 Å². The Kier molecular flexibility index (Phi) is 6.39. The minimum atomic E-state index is -0.152. The molecule has 0 radical (unpaired) electrons. The van der Waals surface area contributed by atoms with Crippen LogP contribution in [0, 0.1) is 13.8 Å². The minimum Gasteiger partial charge on any atom is -0.486 e. The molecule has 27 heavy (non-hydrogen) atoms. The first-order valence-corrected chi connectivity index (χ1v) is 9.61. The van der Waals surface area contributed by atoms with Crippen molar-refractivity contribution in [3.8, 4) is 5.75 Å². The summed E-state index contributed by atoms with van der Waals surface area (Å²) in [5.41, 5.74) is 2.19. The van der Waals surface area contributed by atoms with Crippen LogP contribution in [0.15, 0.2) is 22.7 Å². The molecule has 6 nitrogen and oxygen atoms in total. The van der Waals surface area contributed by atoms with E-state index in [1.54, 1.807) is 11.0 Å². The number of ether oxygens (including phenoxy) is 2. The summed E-state index contributed by atoms with van der Waals surface area (Å²) in [6, 6.07) is 5.38. The van der Waals surface area contributed by atoms with Crippen molar-refractivity contribution in [2.45, 2.75) is 46.3 Å². The summed E-state index contributed by atoms with van der Waals surface area (Å²) in [5, 5.41) is 4.65. The van der Waals surface area contributed by atoms with Gasteiger partial charge in [-0.2, -0.15) is 0 Å². The second kappa shape index (κ2) is 8.76. The largest absolute Gasteiger partial charge is 0.486 e. The van der Waals surface area contributed by atoms with E-state index >= 15 is 0 Å². The van der Waals surface area contributed by atoms with E-state index in [9.17, 15) is 4.79 Å². The molecule has 0 unspecified atom stereocenters. The number of hydrogen-bond acceptors (Lipinski definition) is 5. The predicted molar refractivity (Wildman–Crippen MR) is 102 cm³/mol. The molecule has 1 aliphatic heterocycles. The predicted octanol–water partition coefficient (Wildman–Crippen LogP) is 4.16. The molecule has 7 heteroatoms. The minimum absolute atomic E-state index is 0.111. The van der Waals surface area contributed by atoms with Gasteiger partial charge in [0.25, 0.3) is 5.91 Å². The molecule has 0 bridgehead atoms. The van der Waals surface area contributed by atoms with Crippen LogP contribution in [0.5, 0.6) is 5.75 Å². The quantitative estimate of drug-likeness (QED) is 0.707. The number of likely N-dealkylation sites (N-methyl/N-ethyl adjacent to an activating group) is 1. The van der Waals surface area contributed by atoms with Crippen molar-refractivity contribution in [2.75, 3.05) is 19.7 Å². The lowest BCUT2D eigenvalue weighted by atomic mass is 10.1. The summed E-state index contributed by atoms with van der Waals surface area (Å²) in [5.74, 6) is 1.05. The van der Waals surface area contributed by atoms with Gasteiger partial charge in [0.2, 0.25) is 0 Å². The van der Waals surface area contributed by atoms with Crippen LogP contribution in [0.4, 0.5) is 0 Å². The van der Waals surface area contributed by atoms with E-state index in [4.69, 9.17) is 25.6 Å². The number of aromatic nitrogens is 1. The number of carbonyl (C=O) groups excluding carboxylic acids is 1. The molecular formula is C20H25ClN2O4. The first-order chi connectivity index (χ1) is 13.0. The Balaban J connectivity index is 1.61. The zero-order chi connectivity index (χ0) is 19.4. The molecule has 0 saturated carbocycles. The maximum atomic E-state index is 12.7. The molecule has 1 aliphatic rings. The van der Waals surface area contributed by atoms with Gasteiger partial charge < -0.3 is 18.9 Å².